The average Bonchev–Trinajstić information content (AvgIpc) is 3.71. The first-order chi connectivity index (χ1) is 17.6. The number of fused-ring (bicyclic) bond motifs is 2. The predicted molar refractivity (Wildman–Crippen MR) is 140 cm³/mol. The molecular formula is C28H44N4O5. The van der Waals surface area contributed by atoms with Crippen molar-refractivity contribution in [3.05, 3.63) is 24.4 Å². The summed E-state index contributed by atoms with van der Waals surface area (Å²) in [5.41, 5.74) is 2.37. The second-order valence-electron chi connectivity index (χ2n) is 12.1. The standard InChI is InChI=1S/C28H44N4O5/c1-19(31-36-18-20-14-15-20)28-17-21(28)11-8-6-5-7-9-12-22(29-26(35)37-27(2,3)4)25(34)32-16-10-13-23(32)24(33)30-28/h8,11,20-23,31H,1,5-7,9-10,12-18H2,2-4H3,(H,29,35)(H,30,33)/b11-8-/t21-,22+,23+,28+/m1/s1. The van der Waals surface area contributed by atoms with Crippen LogP contribution >= 0.6 is 0 Å². The lowest BCUT2D eigenvalue weighted by Crippen LogP contribution is -2.56. The van der Waals surface area contributed by atoms with E-state index >= 15 is 0 Å². The number of ether oxygens (including phenoxy) is 1. The Kier molecular flexibility index (Phi) is 8.51. The average molecular weight is 517 g/mol. The first kappa shape index (κ1) is 27.5. The highest BCUT2D eigenvalue weighted by Crippen LogP contribution is 2.49. The van der Waals surface area contributed by atoms with Crippen LogP contribution in [0.5, 0.6) is 0 Å². The number of nitrogens with zero attached hydrogens (tertiary/aromatic N) is 1. The van der Waals surface area contributed by atoms with Crippen molar-refractivity contribution in [3.63, 3.8) is 0 Å². The smallest absolute Gasteiger partial charge is 0.408 e. The van der Waals surface area contributed by atoms with Crippen molar-refractivity contribution in [1.29, 1.82) is 0 Å². The van der Waals surface area contributed by atoms with Crippen molar-refractivity contribution in [2.24, 2.45) is 11.8 Å². The molecule has 4 atom stereocenters. The molecule has 2 aliphatic heterocycles. The minimum atomic E-state index is -0.723. The number of rotatable bonds is 6. The molecule has 0 radical (unpaired) electrons. The maximum absolute atomic E-state index is 13.6. The summed E-state index contributed by atoms with van der Waals surface area (Å²) >= 11 is 0. The number of alkyl carbamates (subject to hydrolysis) is 1. The lowest BCUT2D eigenvalue weighted by atomic mass is 10.0. The fourth-order valence-corrected chi connectivity index (χ4v) is 5.27. The van der Waals surface area contributed by atoms with E-state index in [2.05, 4.69) is 34.8 Å². The van der Waals surface area contributed by atoms with Crippen LogP contribution in [0.2, 0.25) is 0 Å². The van der Waals surface area contributed by atoms with Crippen molar-refractivity contribution < 1.29 is 24.0 Å². The zero-order valence-electron chi connectivity index (χ0n) is 22.6. The summed E-state index contributed by atoms with van der Waals surface area (Å²) in [6.07, 6.45) is 12.4. The van der Waals surface area contributed by atoms with Gasteiger partial charge in [0, 0.05) is 12.5 Å². The maximum atomic E-state index is 13.6. The van der Waals surface area contributed by atoms with Gasteiger partial charge in [0.2, 0.25) is 11.8 Å². The van der Waals surface area contributed by atoms with Gasteiger partial charge in [0.1, 0.15) is 17.7 Å². The number of carbonyl (C=O) groups is 3. The molecule has 4 aliphatic rings. The number of amides is 3. The molecule has 9 heteroatoms. The van der Waals surface area contributed by atoms with Crippen molar-refractivity contribution in [1.82, 2.24) is 21.0 Å². The SMILES string of the molecule is C=C(NOCC1CC1)[C@@]12C[C@H]1/C=C\CCCCC[C@H](NC(=O)OC(C)(C)C)C(=O)N1CCC[C@H]1C(=O)N2. The van der Waals surface area contributed by atoms with Crippen molar-refractivity contribution in [3.8, 4) is 0 Å². The summed E-state index contributed by atoms with van der Waals surface area (Å²) < 4.78 is 5.42. The van der Waals surface area contributed by atoms with Crippen LogP contribution in [-0.4, -0.2) is 59.2 Å². The third-order valence-corrected chi connectivity index (χ3v) is 7.67. The van der Waals surface area contributed by atoms with Gasteiger partial charge in [-0.3, -0.25) is 19.9 Å². The highest BCUT2D eigenvalue weighted by Gasteiger charge is 2.57. The van der Waals surface area contributed by atoms with Gasteiger partial charge in [-0.15, -0.1) is 0 Å². The molecule has 3 N–H and O–H groups in total. The number of nitrogens with one attached hydrogen (secondary N) is 3. The van der Waals surface area contributed by atoms with E-state index < -0.39 is 29.3 Å². The molecule has 0 aromatic carbocycles. The Bertz CT molecular complexity index is 909. The maximum Gasteiger partial charge on any atom is 0.408 e. The summed E-state index contributed by atoms with van der Waals surface area (Å²) in [6, 6.07) is -1.30. The Morgan fingerprint density at radius 3 is 2.68 bits per heavy atom. The van der Waals surface area contributed by atoms with Crippen molar-refractivity contribution in [2.75, 3.05) is 13.2 Å². The van der Waals surface area contributed by atoms with Crippen LogP contribution in [0.25, 0.3) is 0 Å². The van der Waals surface area contributed by atoms with Gasteiger partial charge in [-0.05, 0) is 78.1 Å². The number of carbonyl (C=O) groups excluding carboxylic acids is 3. The Morgan fingerprint density at radius 2 is 1.95 bits per heavy atom. The molecule has 3 fully saturated rings. The largest absolute Gasteiger partial charge is 0.444 e. The summed E-state index contributed by atoms with van der Waals surface area (Å²) in [6.45, 7) is 10.7. The zero-order chi connectivity index (χ0) is 26.6. The molecule has 1 saturated heterocycles. The molecule has 0 spiro atoms. The lowest BCUT2D eigenvalue weighted by Gasteiger charge is -2.31. The van der Waals surface area contributed by atoms with E-state index in [0.29, 0.717) is 37.6 Å². The van der Waals surface area contributed by atoms with Gasteiger partial charge >= 0.3 is 6.09 Å². The Morgan fingerprint density at radius 1 is 1.16 bits per heavy atom. The lowest BCUT2D eigenvalue weighted by molar-refractivity contribution is -0.140. The van der Waals surface area contributed by atoms with E-state index in [4.69, 9.17) is 9.57 Å². The monoisotopic (exact) mass is 516 g/mol. The van der Waals surface area contributed by atoms with E-state index in [1.54, 1.807) is 25.7 Å². The number of allylic oxidation sites excluding steroid dienone is 1. The molecule has 0 unspecified atom stereocenters. The Hall–Kier alpha value is -2.55. The highest BCUT2D eigenvalue weighted by atomic mass is 16.6. The van der Waals surface area contributed by atoms with Gasteiger partial charge in [-0.2, -0.15) is 0 Å². The van der Waals surface area contributed by atoms with Gasteiger partial charge in [0.25, 0.3) is 0 Å². The highest BCUT2D eigenvalue weighted by molar-refractivity contribution is 5.92. The number of hydrogen-bond donors (Lipinski definition) is 3. The predicted octanol–water partition coefficient (Wildman–Crippen LogP) is 3.71. The first-order valence-corrected chi connectivity index (χ1v) is 13.9. The molecule has 2 heterocycles. The molecule has 4 rings (SSSR count). The molecule has 2 aliphatic carbocycles. The third-order valence-electron chi connectivity index (χ3n) is 7.67. The topological polar surface area (TPSA) is 109 Å². The van der Waals surface area contributed by atoms with E-state index in [-0.39, 0.29) is 17.7 Å². The van der Waals surface area contributed by atoms with Gasteiger partial charge in [0.05, 0.1) is 17.8 Å². The molecule has 3 amide bonds. The zero-order valence-corrected chi connectivity index (χ0v) is 22.6. The van der Waals surface area contributed by atoms with Gasteiger partial charge in [-0.1, -0.05) is 31.6 Å². The van der Waals surface area contributed by atoms with Crippen LogP contribution in [0.4, 0.5) is 4.79 Å². The molecule has 0 aromatic heterocycles. The minimum absolute atomic E-state index is 0.137. The summed E-state index contributed by atoms with van der Waals surface area (Å²) in [4.78, 5) is 47.1. The van der Waals surface area contributed by atoms with Crippen LogP contribution in [0.3, 0.4) is 0 Å². The minimum Gasteiger partial charge on any atom is -0.444 e. The first-order valence-electron chi connectivity index (χ1n) is 13.9. The van der Waals surface area contributed by atoms with Gasteiger partial charge in [-0.25, -0.2) is 4.79 Å². The quantitative estimate of drug-likeness (QED) is 0.367. The van der Waals surface area contributed by atoms with Crippen LogP contribution < -0.4 is 16.1 Å². The fraction of sp³-hybridized carbons (Fsp3) is 0.750. The van der Waals surface area contributed by atoms with Crippen molar-refractivity contribution in [2.45, 2.75) is 108 Å². The molecule has 0 aromatic rings. The summed E-state index contributed by atoms with van der Waals surface area (Å²) in [5.74, 6) is 0.342. The van der Waals surface area contributed by atoms with E-state index in [0.717, 1.165) is 38.5 Å². The third kappa shape index (κ3) is 7.27. The van der Waals surface area contributed by atoms with E-state index in [1.807, 2.05) is 0 Å². The van der Waals surface area contributed by atoms with Gasteiger partial charge in [0.15, 0.2) is 0 Å². The number of hydroxylamine groups is 1. The number of hydrogen-bond acceptors (Lipinski definition) is 6. The normalized spacial score (nSPS) is 31.6. The molecule has 37 heavy (non-hydrogen) atoms. The van der Waals surface area contributed by atoms with E-state index in [1.165, 1.54) is 12.8 Å². The van der Waals surface area contributed by atoms with Gasteiger partial charge < -0.3 is 20.3 Å². The molecule has 0 bridgehead atoms. The van der Waals surface area contributed by atoms with Crippen LogP contribution in [-0.2, 0) is 19.2 Å². The molecular weight excluding hydrogens is 472 g/mol. The van der Waals surface area contributed by atoms with E-state index in [9.17, 15) is 14.4 Å². The second-order valence-corrected chi connectivity index (χ2v) is 12.1. The molecule has 9 nitrogen and oxygen atoms in total. The molecule has 206 valence electrons. The Labute approximate surface area is 220 Å². The molecule has 2 saturated carbocycles. The Balaban J connectivity index is 1.48. The fourth-order valence-electron chi connectivity index (χ4n) is 5.27. The van der Waals surface area contributed by atoms with Crippen LogP contribution in [0.15, 0.2) is 24.4 Å². The summed E-state index contributed by atoms with van der Waals surface area (Å²) in [7, 11) is 0. The second kappa shape index (κ2) is 11.5. The summed E-state index contributed by atoms with van der Waals surface area (Å²) in [5, 5.41) is 6.02. The van der Waals surface area contributed by atoms with Crippen LogP contribution in [0, 0.1) is 11.8 Å². The van der Waals surface area contributed by atoms with Crippen LogP contribution in [0.1, 0.15) is 85.0 Å². The van der Waals surface area contributed by atoms with Crippen molar-refractivity contribution >= 4 is 17.9 Å².